The SMILES string of the molecule is Cc1nc(CNS(=O)(=O)c2cc([N+](=O)[O-])ccc2N)cs1. The van der Waals surface area contributed by atoms with Gasteiger partial charge < -0.3 is 5.73 Å². The average molecular weight is 328 g/mol. The van der Waals surface area contributed by atoms with Crippen LogP contribution in [0.2, 0.25) is 0 Å². The lowest BCUT2D eigenvalue weighted by Crippen LogP contribution is -2.24. The van der Waals surface area contributed by atoms with E-state index in [1.807, 2.05) is 0 Å². The highest BCUT2D eigenvalue weighted by Gasteiger charge is 2.21. The predicted octanol–water partition coefficient (Wildman–Crippen LogP) is 1.42. The van der Waals surface area contributed by atoms with Crippen LogP contribution in [-0.4, -0.2) is 18.3 Å². The van der Waals surface area contributed by atoms with Crippen molar-refractivity contribution in [1.82, 2.24) is 9.71 Å². The van der Waals surface area contributed by atoms with Gasteiger partial charge in [-0.1, -0.05) is 0 Å². The van der Waals surface area contributed by atoms with Gasteiger partial charge in [0.25, 0.3) is 5.69 Å². The van der Waals surface area contributed by atoms with Crippen LogP contribution in [0, 0.1) is 17.0 Å². The highest BCUT2D eigenvalue weighted by atomic mass is 32.2. The maximum Gasteiger partial charge on any atom is 0.270 e. The molecular formula is C11H12N4O4S2. The first-order chi connectivity index (χ1) is 9.79. The lowest BCUT2D eigenvalue weighted by Gasteiger charge is -2.08. The van der Waals surface area contributed by atoms with Gasteiger partial charge in [-0.05, 0) is 13.0 Å². The zero-order valence-electron chi connectivity index (χ0n) is 10.9. The Morgan fingerprint density at radius 1 is 1.48 bits per heavy atom. The third-order valence-electron chi connectivity index (χ3n) is 2.61. The van der Waals surface area contributed by atoms with E-state index in [1.54, 1.807) is 12.3 Å². The van der Waals surface area contributed by atoms with Gasteiger partial charge in [-0.2, -0.15) is 0 Å². The molecule has 1 aromatic heterocycles. The number of hydrogen-bond donors (Lipinski definition) is 2. The Labute approximate surface area is 124 Å². The number of nitrogens with zero attached hydrogens (tertiary/aromatic N) is 2. The number of nitrogens with one attached hydrogen (secondary N) is 1. The molecule has 0 spiro atoms. The quantitative estimate of drug-likeness (QED) is 0.485. The minimum Gasteiger partial charge on any atom is -0.398 e. The first kappa shape index (κ1) is 15.4. The Hall–Kier alpha value is -2.04. The van der Waals surface area contributed by atoms with Crippen LogP contribution in [-0.2, 0) is 16.6 Å². The number of hydrogen-bond acceptors (Lipinski definition) is 7. The molecule has 0 radical (unpaired) electrons. The van der Waals surface area contributed by atoms with Crippen molar-refractivity contribution in [1.29, 1.82) is 0 Å². The van der Waals surface area contributed by atoms with E-state index in [0.717, 1.165) is 17.1 Å². The van der Waals surface area contributed by atoms with E-state index in [-0.39, 0.29) is 22.8 Å². The third kappa shape index (κ3) is 3.54. The van der Waals surface area contributed by atoms with Crippen molar-refractivity contribution in [2.45, 2.75) is 18.4 Å². The molecule has 2 rings (SSSR count). The number of rotatable bonds is 5. The summed E-state index contributed by atoms with van der Waals surface area (Å²) in [5.74, 6) is 0. The van der Waals surface area contributed by atoms with E-state index in [0.29, 0.717) is 5.69 Å². The number of aromatic nitrogens is 1. The van der Waals surface area contributed by atoms with Crippen molar-refractivity contribution in [3.05, 3.63) is 44.4 Å². The molecule has 0 aliphatic heterocycles. The number of nitro benzene ring substituents is 1. The van der Waals surface area contributed by atoms with Crippen LogP contribution >= 0.6 is 11.3 Å². The molecular weight excluding hydrogens is 316 g/mol. The van der Waals surface area contributed by atoms with Gasteiger partial charge in [0.2, 0.25) is 10.0 Å². The molecule has 0 saturated carbocycles. The normalized spacial score (nSPS) is 11.5. The third-order valence-corrected chi connectivity index (χ3v) is 4.89. The number of benzene rings is 1. The predicted molar refractivity (Wildman–Crippen MR) is 78.4 cm³/mol. The summed E-state index contributed by atoms with van der Waals surface area (Å²) in [4.78, 5) is 13.8. The summed E-state index contributed by atoms with van der Waals surface area (Å²) < 4.78 is 26.7. The fourth-order valence-electron chi connectivity index (χ4n) is 1.61. The Balaban J connectivity index is 2.26. The molecule has 10 heteroatoms. The number of aryl methyl sites for hydroxylation is 1. The number of nitrogens with two attached hydrogens (primary N) is 1. The van der Waals surface area contributed by atoms with Crippen LogP contribution in [0.4, 0.5) is 11.4 Å². The lowest BCUT2D eigenvalue weighted by atomic mass is 10.3. The zero-order valence-corrected chi connectivity index (χ0v) is 12.6. The van der Waals surface area contributed by atoms with Crippen molar-refractivity contribution in [2.75, 3.05) is 5.73 Å². The van der Waals surface area contributed by atoms with Crippen LogP contribution < -0.4 is 10.5 Å². The highest BCUT2D eigenvalue weighted by molar-refractivity contribution is 7.89. The fraction of sp³-hybridized carbons (Fsp3) is 0.182. The first-order valence-corrected chi connectivity index (χ1v) is 8.10. The average Bonchev–Trinajstić information content (AvgIpc) is 2.82. The van der Waals surface area contributed by atoms with Crippen LogP contribution in [0.5, 0.6) is 0 Å². The molecule has 0 atom stereocenters. The summed E-state index contributed by atoms with van der Waals surface area (Å²) >= 11 is 1.40. The van der Waals surface area contributed by atoms with E-state index >= 15 is 0 Å². The monoisotopic (exact) mass is 328 g/mol. The highest BCUT2D eigenvalue weighted by Crippen LogP contribution is 2.24. The molecule has 0 unspecified atom stereocenters. The molecule has 0 aliphatic carbocycles. The summed E-state index contributed by atoms with van der Waals surface area (Å²) in [5, 5.41) is 13.3. The number of nitrogen functional groups attached to an aromatic ring is 1. The minimum absolute atomic E-state index is 0.00515. The van der Waals surface area contributed by atoms with Crippen LogP contribution in [0.15, 0.2) is 28.5 Å². The van der Waals surface area contributed by atoms with E-state index in [2.05, 4.69) is 9.71 Å². The Morgan fingerprint density at radius 2 is 2.19 bits per heavy atom. The second-order valence-electron chi connectivity index (χ2n) is 4.16. The van der Waals surface area contributed by atoms with Gasteiger partial charge in [-0.3, -0.25) is 10.1 Å². The first-order valence-electron chi connectivity index (χ1n) is 5.74. The van der Waals surface area contributed by atoms with Crippen molar-refractivity contribution >= 4 is 32.7 Å². The molecule has 2 aromatic rings. The Morgan fingerprint density at radius 3 is 2.76 bits per heavy atom. The molecule has 8 nitrogen and oxygen atoms in total. The van der Waals surface area contributed by atoms with Gasteiger partial charge >= 0.3 is 0 Å². The van der Waals surface area contributed by atoms with E-state index in [4.69, 9.17) is 5.73 Å². The second kappa shape index (κ2) is 5.76. The maximum absolute atomic E-state index is 12.2. The minimum atomic E-state index is -3.95. The van der Waals surface area contributed by atoms with Gasteiger partial charge in [0.1, 0.15) is 4.90 Å². The van der Waals surface area contributed by atoms with Crippen LogP contribution in [0.3, 0.4) is 0 Å². The summed E-state index contributed by atoms with van der Waals surface area (Å²) in [6.45, 7) is 1.80. The molecule has 3 N–H and O–H groups in total. The number of anilines is 1. The maximum atomic E-state index is 12.2. The largest absolute Gasteiger partial charge is 0.398 e. The molecule has 0 bridgehead atoms. The molecule has 21 heavy (non-hydrogen) atoms. The molecule has 112 valence electrons. The van der Waals surface area contributed by atoms with Crippen molar-refractivity contribution in [3.63, 3.8) is 0 Å². The summed E-state index contributed by atoms with van der Waals surface area (Å²) in [6.07, 6.45) is 0. The van der Waals surface area contributed by atoms with Gasteiger partial charge in [-0.25, -0.2) is 18.1 Å². The Bertz CT molecular complexity index is 785. The van der Waals surface area contributed by atoms with Gasteiger partial charge in [0.15, 0.2) is 0 Å². The van der Waals surface area contributed by atoms with Crippen LogP contribution in [0.25, 0.3) is 0 Å². The molecule has 0 fully saturated rings. The van der Waals surface area contributed by atoms with E-state index in [1.165, 1.54) is 17.4 Å². The fourth-order valence-corrected chi connectivity index (χ4v) is 3.37. The molecule has 0 amide bonds. The molecule has 1 aromatic carbocycles. The topological polar surface area (TPSA) is 128 Å². The zero-order chi connectivity index (χ0) is 15.6. The molecule has 1 heterocycles. The summed E-state index contributed by atoms with van der Waals surface area (Å²) in [6, 6.07) is 3.28. The van der Waals surface area contributed by atoms with Crippen LogP contribution in [0.1, 0.15) is 10.7 Å². The number of non-ortho nitro benzene ring substituents is 1. The van der Waals surface area contributed by atoms with E-state index in [9.17, 15) is 18.5 Å². The Kier molecular flexibility index (Phi) is 4.21. The number of sulfonamides is 1. The van der Waals surface area contributed by atoms with Gasteiger partial charge in [-0.15, -0.1) is 11.3 Å². The molecule has 0 saturated heterocycles. The molecule has 0 aliphatic rings. The van der Waals surface area contributed by atoms with Gasteiger partial charge in [0.05, 0.1) is 27.9 Å². The standard InChI is InChI=1S/C11H12N4O4S2/c1-7-14-8(6-20-7)5-13-21(18,19)11-4-9(15(16)17)2-3-10(11)12/h2-4,6,13H,5,12H2,1H3. The summed E-state index contributed by atoms with van der Waals surface area (Å²) in [7, 11) is -3.95. The van der Waals surface area contributed by atoms with Crippen molar-refractivity contribution in [2.24, 2.45) is 0 Å². The number of thiazole rings is 1. The van der Waals surface area contributed by atoms with Crippen molar-refractivity contribution in [3.8, 4) is 0 Å². The smallest absolute Gasteiger partial charge is 0.270 e. The second-order valence-corrected chi connectivity index (χ2v) is 6.96. The lowest BCUT2D eigenvalue weighted by molar-refractivity contribution is -0.385. The number of nitro groups is 1. The van der Waals surface area contributed by atoms with E-state index < -0.39 is 14.9 Å². The van der Waals surface area contributed by atoms with Crippen molar-refractivity contribution < 1.29 is 13.3 Å². The summed E-state index contributed by atoms with van der Waals surface area (Å²) in [5.41, 5.74) is 5.78. The van der Waals surface area contributed by atoms with Gasteiger partial charge in [0, 0.05) is 17.5 Å².